The number of carbonyl (C=O) groups excluding carboxylic acids is 1. The van der Waals surface area contributed by atoms with Gasteiger partial charge >= 0.3 is 5.63 Å². The monoisotopic (exact) mass is 436 g/mol. The lowest BCUT2D eigenvalue weighted by atomic mass is 10.1. The molecule has 0 fully saturated rings. The van der Waals surface area contributed by atoms with E-state index in [9.17, 15) is 9.59 Å². The number of rotatable bonds is 3. The molecule has 0 atom stereocenters. The van der Waals surface area contributed by atoms with E-state index in [0.29, 0.717) is 15.4 Å². The smallest absolute Gasteiger partial charge is 0.349 e. The average molecular weight is 438 g/mol. The zero-order valence-corrected chi connectivity index (χ0v) is 14.8. The van der Waals surface area contributed by atoms with Crippen LogP contribution in [0, 0.1) is 0 Å². The average Bonchev–Trinajstić information content (AvgIpc) is 2.54. The van der Waals surface area contributed by atoms with Crippen molar-refractivity contribution in [3.05, 3.63) is 73.2 Å². The highest BCUT2D eigenvalue weighted by atomic mass is 79.9. The molecule has 1 aromatic carbocycles. The Hall–Kier alpha value is -1.99. The highest BCUT2D eigenvalue weighted by molar-refractivity contribution is 9.11. The molecule has 0 saturated heterocycles. The van der Waals surface area contributed by atoms with Gasteiger partial charge in [-0.25, -0.2) is 4.79 Å². The summed E-state index contributed by atoms with van der Waals surface area (Å²) in [5.74, 6) is -0.486. The van der Waals surface area contributed by atoms with Gasteiger partial charge in [-0.15, -0.1) is 0 Å². The van der Waals surface area contributed by atoms with Gasteiger partial charge < -0.3 is 9.73 Å². The number of fused-ring (bicyclic) bond motifs is 1. The van der Waals surface area contributed by atoms with Crippen molar-refractivity contribution < 1.29 is 9.21 Å². The van der Waals surface area contributed by atoms with Crippen molar-refractivity contribution in [1.82, 2.24) is 10.3 Å². The predicted octanol–water partition coefficient (Wildman–Crippen LogP) is 3.64. The molecule has 0 aliphatic heterocycles. The molecular weight excluding hydrogens is 428 g/mol. The van der Waals surface area contributed by atoms with Crippen LogP contribution in [0.2, 0.25) is 0 Å². The molecule has 7 heteroatoms. The molecule has 0 unspecified atom stereocenters. The fourth-order valence-corrected chi connectivity index (χ4v) is 3.43. The molecule has 2 heterocycles. The van der Waals surface area contributed by atoms with Crippen molar-refractivity contribution >= 4 is 48.7 Å². The fraction of sp³-hybridized carbons (Fsp3) is 0.0625. The minimum atomic E-state index is -0.677. The lowest BCUT2D eigenvalue weighted by Crippen LogP contribution is -2.27. The first-order valence-electron chi connectivity index (χ1n) is 6.64. The first kappa shape index (κ1) is 15.9. The van der Waals surface area contributed by atoms with Crippen molar-refractivity contribution in [3.8, 4) is 0 Å². The highest BCUT2D eigenvalue weighted by Crippen LogP contribution is 2.27. The molecule has 0 aliphatic rings. The van der Waals surface area contributed by atoms with Gasteiger partial charge in [-0.2, -0.15) is 0 Å². The van der Waals surface area contributed by atoms with E-state index in [4.69, 9.17) is 4.42 Å². The van der Waals surface area contributed by atoms with Gasteiger partial charge in [0.2, 0.25) is 0 Å². The summed E-state index contributed by atoms with van der Waals surface area (Å²) in [6.07, 6.45) is 3.30. The van der Waals surface area contributed by atoms with Crippen molar-refractivity contribution in [2.75, 3.05) is 0 Å². The number of amides is 1. The van der Waals surface area contributed by atoms with Gasteiger partial charge in [0.25, 0.3) is 5.91 Å². The van der Waals surface area contributed by atoms with Crippen LogP contribution in [-0.2, 0) is 6.54 Å². The Labute approximate surface area is 148 Å². The topological polar surface area (TPSA) is 72.2 Å². The fourth-order valence-electron chi connectivity index (χ4n) is 2.10. The lowest BCUT2D eigenvalue weighted by molar-refractivity contribution is 0.0947. The third-order valence-corrected chi connectivity index (χ3v) is 4.22. The molecule has 0 bridgehead atoms. The molecule has 5 nitrogen and oxygen atoms in total. The minimum absolute atomic E-state index is 0.0357. The second-order valence-corrected chi connectivity index (χ2v) is 6.57. The summed E-state index contributed by atoms with van der Waals surface area (Å²) in [6, 6.07) is 8.69. The van der Waals surface area contributed by atoms with E-state index in [1.807, 2.05) is 6.07 Å². The van der Waals surface area contributed by atoms with Crippen molar-refractivity contribution in [2.24, 2.45) is 0 Å². The van der Waals surface area contributed by atoms with Crippen LogP contribution in [0.4, 0.5) is 0 Å². The number of pyridine rings is 1. The SMILES string of the molecule is O=C(NCc1cccnc1)c1cc2cc(Br)cc(Br)c2oc1=O. The van der Waals surface area contributed by atoms with Gasteiger partial charge in [-0.1, -0.05) is 22.0 Å². The summed E-state index contributed by atoms with van der Waals surface area (Å²) < 4.78 is 6.71. The van der Waals surface area contributed by atoms with Gasteiger partial charge in [0.05, 0.1) is 4.47 Å². The largest absolute Gasteiger partial charge is 0.421 e. The Morgan fingerprint density at radius 2 is 2.09 bits per heavy atom. The number of hydrogen-bond donors (Lipinski definition) is 1. The van der Waals surface area contributed by atoms with Crippen molar-refractivity contribution in [2.45, 2.75) is 6.54 Å². The summed E-state index contributed by atoms with van der Waals surface area (Å²) in [5, 5.41) is 3.34. The van der Waals surface area contributed by atoms with E-state index in [-0.39, 0.29) is 12.1 Å². The van der Waals surface area contributed by atoms with Crippen LogP contribution in [-0.4, -0.2) is 10.9 Å². The molecular formula is C16H10Br2N2O3. The van der Waals surface area contributed by atoms with Crippen LogP contribution in [0.1, 0.15) is 15.9 Å². The number of carbonyl (C=O) groups is 1. The van der Waals surface area contributed by atoms with Gasteiger partial charge in [0.1, 0.15) is 5.56 Å². The maximum atomic E-state index is 12.2. The number of hydrogen-bond acceptors (Lipinski definition) is 4. The van der Waals surface area contributed by atoms with E-state index in [1.165, 1.54) is 6.07 Å². The Morgan fingerprint density at radius 1 is 1.26 bits per heavy atom. The number of aromatic nitrogens is 1. The highest BCUT2D eigenvalue weighted by Gasteiger charge is 2.15. The Balaban J connectivity index is 1.91. The normalized spacial score (nSPS) is 10.7. The number of halogens is 2. The van der Waals surface area contributed by atoms with E-state index >= 15 is 0 Å². The minimum Gasteiger partial charge on any atom is -0.421 e. The molecule has 23 heavy (non-hydrogen) atoms. The second kappa shape index (κ2) is 6.64. The van der Waals surface area contributed by atoms with Gasteiger partial charge in [0.15, 0.2) is 5.58 Å². The molecule has 1 N–H and O–H groups in total. The van der Waals surface area contributed by atoms with Crippen molar-refractivity contribution in [1.29, 1.82) is 0 Å². The maximum Gasteiger partial charge on any atom is 0.349 e. The summed E-state index contributed by atoms with van der Waals surface area (Å²) in [7, 11) is 0. The summed E-state index contributed by atoms with van der Waals surface area (Å²) in [6.45, 7) is 0.284. The Morgan fingerprint density at radius 3 is 2.83 bits per heavy atom. The van der Waals surface area contributed by atoms with E-state index < -0.39 is 11.5 Å². The third kappa shape index (κ3) is 3.51. The quantitative estimate of drug-likeness (QED) is 0.635. The van der Waals surface area contributed by atoms with E-state index in [1.54, 1.807) is 30.6 Å². The lowest BCUT2D eigenvalue weighted by Gasteiger charge is -2.06. The molecule has 0 saturated carbocycles. The van der Waals surface area contributed by atoms with Crippen LogP contribution in [0.15, 0.2) is 60.9 Å². The Bertz CT molecular complexity index is 939. The second-order valence-electron chi connectivity index (χ2n) is 4.80. The summed E-state index contributed by atoms with van der Waals surface area (Å²) in [5.41, 5.74) is 0.536. The predicted molar refractivity (Wildman–Crippen MR) is 93.3 cm³/mol. The number of nitrogens with zero attached hydrogens (tertiary/aromatic N) is 1. The van der Waals surface area contributed by atoms with Crippen molar-refractivity contribution in [3.63, 3.8) is 0 Å². The number of nitrogens with one attached hydrogen (secondary N) is 1. The van der Waals surface area contributed by atoms with Gasteiger partial charge in [-0.3, -0.25) is 9.78 Å². The van der Waals surface area contributed by atoms with Crippen LogP contribution < -0.4 is 10.9 Å². The summed E-state index contributed by atoms with van der Waals surface area (Å²) in [4.78, 5) is 28.3. The molecule has 2 aromatic heterocycles. The molecule has 0 aliphatic carbocycles. The van der Waals surface area contributed by atoms with Crippen LogP contribution >= 0.6 is 31.9 Å². The molecule has 1 amide bonds. The van der Waals surface area contributed by atoms with Crippen LogP contribution in [0.25, 0.3) is 11.0 Å². The molecule has 116 valence electrons. The summed E-state index contributed by atoms with van der Waals surface area (Å²) >= 11 is 6.70. The standard InChI is InChI=1S/C16H10Br2N2O3/c17-11-4-10-5-12(16(22)23-14(10)13(18)6-11)15(21)20-8-9-2-1-3-19-7-9/h1-7H,8H2,(H,20,21). The first-order valence-corrected chi connectivity index (χ1v) is 8.23. The first-order chi connectivity index (χ1) is 11.0. The molecule has 0 radical (unpaired) electrons. The van der Waals surface area contributed by atoms with Gasteiger partial charge in [0, 0.05) is 28.8 Å². The zero-order chi connectivity index (χ0) is 16.4. The molecule has 3 rings (SSSR count). The zero-order valence-electron chi connectivity index (χ0n) is 11.7. The maximum absolute atomic E-state index is 12.2. The van der Waals surface area contributed by atoms with E-state index in [0.717, 1.165) is 10.0 Å². The van der Waals surface area contributed by atoms with E-state index in [2.05, 4.69) is 42.2 Å². The molecule has 3 aromatic rings. The Kier molecular flexibility index (Phi) is 4.58. The number of benzene rings is 1. The third-order valence-electron chi connectivity index (χ3n) is 3.17. The molecule has 0 spiro atoms. The van der Waals surface area contributed by atoms with Crippen LogP contribution in [0.5, 0.6) is 0 Å². The van der Waals surface area contributed by atoms with Crippen LogP contribution in [0.3, 0.4) is 0 Å². The van der Waals surface area contributed by atoms with Gasteiger partial charge in [-0.05, 0) is 45.8 Å².